The van der Waals surface area contributed by atoms with E-state index >= 15 is 0 Å². The summed E-state index contributed by atoms with van der Waals surface area (Å²) in [6.45, 7) is 1.54. The molecule has 8 aromatic rings. The van der Waals surface area contributed by atoms with Gasteiger partial charge in [-0.1, -0.05) is 39.0 Å². The molecule has 25 N–H and O–H groups in total. The zero-order valence-electron chi connectivity index (χ0n) is 60.1. The number of benzene rings is 1. The minimum absolute atomic E-state index is 0. The van der Waals surface area contributed by atoms with Crippen LogP contribution in [-0.4, -0.2) is 271 Å². The van der Waals surface area contributed by atoms with Crippen molar-refractivity contribution in [3.63, 3.8) is 0 Å². The molecule has 4 fully saturated rings. The minimum atomic E-state index is -5.46. The molecular weight excluding hydrogens is 1740 g/mol. The van der Waals surface area contributed by atoms with Crippen LogP contribution >= 0.6 is 54.5 Å². The first-order valence-electron chi connectivity index (χ1n) is 33.3. The highest BCUT2D eigenvalue weighted by Crippen LogP contribution is 2.66. The number of aromatic nitrogens is 14. The number of nitrogens with one attached hydrogen (secondary N) is 4. The number of nitrogens with zero attached hydrogens (tertiary/aromatic N) is 13. The van der Waals surface area contributed by atoms with E-state index in [1.807, 2.05) is 30.3 Å². The van der Waals surface area contributed by atoms with E-state index < -0.39 is 184 Å². The molecule has 5 aliphatic heterocycles. The Bertz CT molecular complexity index is 5200. The number of Topliss-reactive ketones (excluding diaryl/α,β-unsaturated/α-hetero) is 1. The van der Waals surface area contributed by atoms with Gasteiger partial charge in [-0.2, -0.15) is 9.29 Å². The van der Waals surface area contributed by atoms with Crippen molar-refractivity contribution in [2.24, 2.45) is 0 Å². The summed E-state index contributed by atoms with van der Waals surface area (Å²) in [5.74, 6) is 0.425. The standard InChI is InChI=1S/C16H18N5O7P.C11H19N4O13P3.C10H15N5O9P2.C10H14N5O8P.C6H12O.CH4/c22-12-10(6-27-29(24,25)26)28-16(13(12)23)21-8-19-11-14(17-7-18-15(11)21)20-9-4-2-1-3-5-9;1-29(19,20)27-31(23,24)28-30(21,22)25-2-5-7(16)8(17)11(26-5)15-4-14-6-9(15)12-3-13-10(6)18;11-9-8-10(13-3-12-9)15(4-14-8)7-1-5(24-26(19,20)21)6(23-7)2-22-25(16,17)18;11-10-13-7-4(8(18)14-10)12-2-15(7)9-6(17)5(16)3(23-9)1-22-24(19,20)21;1-3-4-5-6(2)7;/h1-5,7-8,10,12-13,16,22-23H,6H2,(H,17,18,20)(H2,24,25,26);4-5,7-8,11-12,16-17H,2-3H2,1H3,(H,13,18)(H,19,20)(H,21,22)(H,23,24);3-7H,1-2H2,(H2,11,12,13)(H2,16,17,18)(H2,19,20,21);2-3,5-6,9,16-17H,1H2,(H2,19,20,21)(H3,11,13,14,18);3-5H2,1-2H3;1H4/t10-,12-,13?,16-;5-,7-,8-,11?;5-,6+,7+;3-,5-,6?,9-;;/m1101../s1. The highest BCUT2D eigenvalue weighted by Gasteiger charge is 2.50. The summed E-state index contributed by atoms with van der Waals surface area (Å²) in [7, 11) is -34.5. The molecule has 5 aliphatic rings. The smallest absolute Gasteiger partial charge is 0.387 e. The van der Waals surface area contributed by atoms with Crippen molar-refractivity contribution in [1.82, 2.24) is 73.4 Å². The lowest BCUT2D eigenvalue weighted by Gasteiger charge is -2.22. The number of aliphatic hydroxyl groups excluding tert-OH is 6. The van der Waals surface area contributed by atoms with Crippen molar-refractivity contribution in [1.29, 1.82) is 0 Å². The first-order chi connectivity index (χ1) is 54.5. The first kappa shape index (κ1) is 96.2. The quantitative estimate of drug-likeness (QED) is 0.0250. The van der Waals surface area contributed by atoms with Crippen LogP contribution in [0, 0.1) is 0 Å². The summed E-state index contributed by atoms with van der Waals surface area (Å²) in [5, 5.41) is 69.4. The van der Waals surface area contributed by atoms with Gasteiger partial charge in [-0.25, -0.2) is 71.6 Å². The van der Waals surface area contributed by atoms with E-state index in [0.29, 0.717) is 40.6 Å². The number of hydrogen-bond donors (Lipinski definition) is 23. The SMILES string of the molecule is C.CCCCC(C)=O.CP(=O)(O)OP(=O)(O)OP(=O)(O)OC[C@H]1OC(n2cnc3c2NCNC3=O)[C@H](O)[C@@H]1O.Nc1nc2c(ncn2[C@@H]2O[C@H](COP(=O)(O)O)[C@@H](O)C2O)c(=O)[nH]1.Nc1ncnc2c1ncn2[C@H]1C[C@H](OP(=O)(O)O)[C@@H](COP(=O)(O)O)O1.O=P(O)(O)OC[C@H]1O[C@@H](n2cnc3c(Nc4ccccc4)ncnc32)C(O)[C@@H]1O. The molecule has 0 aliphatic carbocycles. The van der Waals surface area contributed by atoms with E-state index in [4.69, 9.17) is 74.5 Å². The van der Waals surface area contributed by atoms with E-state index in [1.165, 1.54) is 56.2 Å². The lowest BCUT2D eigenvalue weighted by molar-refractivity contribution is -0.117. The number of ketones is 1. The molecule has 1 aromatic carbocycles. The second-order valence-corrected chi connectivity index (χ2v) is 35.1. The number of phosphoric acid groups is 6. The largest absolute Gasteiger partial charge is 0.488 e. The molecular formula is C54H82N19O38P7. The molecule has 57 nitrogen and oxygen atoms in total. The average Bonchev–Trinajstić information content (AvgIpc) is 1.65. The van der Waals surface area contributed by atoms with Crippen molar-refractivity contribution in [3.05, 3.63) is 84.3 Å². The van der Waals surface area contributed by atoms with Crippen LogP contribution in [0.2, 0.25) is 0 Å². The number of anilines is 5. The molecule has 0 radical (unpaired) electrons. The highest BCUT2D eigenvalue weighted by atomic mass is 31.3. The predicted octanol–water partition coefficient (Wildman–Crippen LogP) is -1.91. The Kier molecular flexibility index (Phi) is 32.4. The molecule has 1 amide bonds. The summed E-state index contributed by atoms with van der Waals surface area (Å²) in [6.07, 6.45) is -9.07. The number of nitrogens with two attached hydrogens (primary N) is 2. The zero-order chi connectivity index (χ0) is 86.2. The Hall–Kier alpha value is -7.29. The Morgan fingerprint density at radius 2 is 1.04 bits per heavy atom. The van der Waals surface area contributed by atoms with Gasteiger partial charge >= 0.3 is 54.5 Å². The number of aliphatic hydroxyl groups is 6. The van der Waals surface area contributed by atoms with Crippen molar-refractivity contribution in [2.75, 3.05) is 61.9 Å². The maximum absolute atomic E-state index is 11.9. The van der Waals surface area contributed by atoms with Gasteiger partial charge < -0.3 is 136 Å². The molecule has 0 bridgehead atoms. The summed E-state index contributed by atoms with van der Waals surface area (Å²) in [5.41, 5.74) is 12.7. The number of imidazole rings is 4. The van der Waals surface area contributed by atoms with Crippen LogP contribution in [-0.2, 0) is 86.9 Å². The third-order valence-electron chi connectivity index (χ3n) is 16.3. The van der Waals surface area contributed by atoms with Crippen LogP contribution in [0.4, 0.5) is 29.1 Å². The number of aromatic amines is 1. The third kappa shape index (κ3) is 26.1. The van der Waals surface area contributed by atoms with Gasteiger partial charge in [0.1, 0.15) is 103 Å². The van der Waals surface area contributed by atoms with Gasteiger partial charge in [0.25, 0.3) is 11.5 Å². The van der Waals surface area contributed by atoms with E-state index in [1.54, 1.807) is 6.92 Å². The maximum Gasteiger partial charge on any atom is 0.488 e. The lowest BCUT2D eigenvalue weighted by Crippen LogP contribution is -2.37. The van der Waals surface area contributed by atoms with Gasteiger partial charge in [0.2, 0.25) is 5.95 Å². The molecule has 13 rings (SSSR count). The van der Waals surface area contributed by atoms with Crippen LogP contribution in [0.1, 0.15) is 82.4 Å². The molecule has 4 saturated heterocycles. The Morgan fingerprint density at radius 3 is 1.56 bits per heavy atom. The van der Waals surface area contributed by atoms with E-state index in [2.05, 4.69) is 104 Å². The molecule has 656 valence electrons. The van der Waals surface area contributed by atoms with E-state index in [-0.39, 0.29) is 55.0 Å². The number of para-hydroxylation sites is 1. The van der Waals surface area contributed by atoms with Crippen LogP contribution in [0.3, 0.4) is 0 Å². The molecule has 18 atom stereocenters. The van der Waals surface area contributed by atoms with Gasteiger partial charge in [-0.3, -0.25) is 60.0 Å². The summed E-state index contributed by atoms with van der Waals surface area (Å²) in [6, 6.07) is 9.33. The molecule has 0 spiro atoms. The molecule has 7 aromatic heterocycles. The fourth-order valence-electron chi connectivity index (χ4n) is 11.2. The highest BCUT2D eigenvalue weighted by molar-refractivity contribution is 7.68. The Morgan fingerprint density at radius 1 is 0.559 bits per heavy atom. The maximum atomic E-state index is 11.9. The van der Waals surface area contributed by atoms with Crippen molar-refractivity contribution in [3.8, 4) is 0 Å². The second-order valence-electron chi connectivity index (χ2n) is 25.1. The number of amides is 1. The number of hydrogen-bond acceptors (Lipinski definition) is 40. The summed E-state index contributed by atoms with van der Waals surface area (Å²) < 4.78 is 135. The van der Waals surface area contributed by atoms with Crippen molar-refractivity contribution >= 4 is 129 Å². The molecule has 118 heavy (non-hydrogen) atoms. The second kappa shape index (κ2) is 39.7. The predicted molar refractivity (Wildman–Crippen MR) is 393 cm³/mol. The van der Waals surface area contributed by atoms with Crippen molar-refractivity contribution < 1.29 is 176 Å². The summed E-state index contributed by atoms with van der Waals surface area (Å²) in [4.78, 5) is 171. The molecule has 0 saturated carbocycles. The molecule has 12 heterocycles. The Balaban J connectivity index is 0.000000191. The Labute approximate surface area is 661 Å². The number of unbranched alkanes of at least 4 members (excludes halogenated alkanes) is 1. The van der Waals surface area contributed by atoms with Crippen LogP contribution < -0.4 is 33.0 Å². The number of carbonyl (C=O) groups excluding carboxylic acids is 2. The lowest BCUT2D eigenvalue weighted by atomic mass is 10.1. The number of carbonyl (C=O) groups is 2. The van der Waals surface area contributed by atoms with Gasteiger partial charge in [0, 0.05) is 25.2 Å². The fraction of sp³-hybridized carbons (Fsp3) is 0.519. The monoisotopic (exact) mass is 1820 g/mol. The number of ether oxygens (including phenoxy) is 4. The van der Waals surface area contributed by atoms with Crippen LogP contribution in [0.15, 0.2) is 73.1 Å². The van der Waals surface area contributed by atoms with Gasteiger partial charge in [0.05, 0.1) is 58.4 Å². The first-order valence-corrected chi connectivity index (χ1v) is 44.4. The van der Waals surface area contributed by atoms with Gasteiger partial charge in [-0.15, -0.1) is 0 Å². The number of nitrogen functional groups attached to an aromatic ring is 2. The molecule has 6 unspecified atom stereocenters. The summed E-state index contributed by atoms with van der Waals surface area (Å²) >= 11 is 0. The molecule has 64 heteroatoms. The van der Waals surface area contributed by atoms with Crippen LogP contribution in [0.25, 0.3) is 33.5 Å². The normalized spacial score (nSPS) is 26.0. The fourth-order valence-corrected chi connectivity index (χ4v) is 16.3. The third-order valence-corrected chi connectivity index (χ3v) is 22.5. The van der Waals surface area contributed by atoms with Crippen molar-refractivity contribution in [2.45, 2.75) is 139 Å². The van der Waals surface area contributed by atoms with E-state index in [9.17, 15) is 86.8 Å². The number of H-pyrrole nitrogens is 1. The number of fused-ring (bicyclic) bond motifs is 4. The van der Waals surface area contributed by atoms with Crippen LogP contribution in [0.5, 0.6) is 0 Å². The van der Waals surface area contributed by atoms with Gasteiger partial charge in [-0.05, 0) is 25.5 Å². The van der Waals surface area contributed by atoms with E-state index in [0.717, 1.165) is 24.9 Å². The topological polar surface area (TPSA) is 856 Å². The zero-order valence-corrected chi connectivity index (χ0v) is 66.4. The minimum Gasteiger partial charge on any atom is -0.387 e. The van der Waals surface area contributed by atoms with Gasteiger partial charge in [0.15, 0.2) is 64.0 Å². The number of rotatable bonds is 27. The average molecular weight is 1820 g/mol. The number of phosphoric ester groups is 5.